The molecule has 2 aromatic rings. The Bertz CT molecular complexity index is 569. The monoisotopic (exact) mass is 337 g/mol. The first-order valence-corrected chi connectivity index (χ1v) is 8.22. The fourth-order valence-corrected chi connectivity index (χ4v) is 3.86. The Labute approximate surface area is 126 Å². The Morgan fingerprint density at radius 3 is 3.11 bits per heavy atom. The summed E-state index contributed by atoms with van der Waals surface area (Å²) in [6.45, 7) is 3.01. The predicted octanol–water partition coefficient (Wildman–Crippen LogP) is 4.86. The Hall–Kier alpha value is -0.710. The molecule has 2 nitrogen and oxygen atoms in total. The lowest BCUT2D eigenvalue weighted by Crippen LogP contribution is -2.21. The highest BCUT2D eigenvalue weighted by atomic mass is 79.9. The molecular formula is C15H16BrNOS. The van der Waals surface area contributed by atoms with Crippen molar-refractivity contribution in [2.24, 2.45) is 0 Å². The SMILES string of the molecule is C[C@H]1C[C@H](c2nc(-c3cccc(Br)c3)cs2)CCO1. The molecule has 0 N–H and O–H groups in total. The molecule has 1 aromatic heterocycles. The van der Waals surface area contributed by atoms with Gasteiger partial charge in [0.1, 0.15) is 0 Å². The normalized spacial score (nSPS) is 23.5. The summed E-state index contributed by atoms with van der Waals surface area (Å²) in [5.41, 5.74) is 2.26. The molecule has 0 aliphatic carbocycles. The second-order valence-electron chi connectivity index (χ2n) is 4.98. The van der Waals surface area contributed by atoms with E-state index < -0.39 is 0 Å². The lowest BCUT2D eigenvalue weighted by molar-refractivity contribution is 0.0186. The van der Waals surface area contributed by atoms with Gasteiger partial charge in [-0.15, -0.1) is 11.3 Å². The highest BCUT2D eigenvalue weighted by Crippen LogP contribution is 2.34. The van der Waals surface area contributed by atoms with E-state index in [-0.39, 0.29) is 0 Å². The molecule has 1 aliphatic heterocycles. The van der Waals surface area contributed by atoms with Gasteiger partial charge in [0.05, 0.1) is 16.8 Å². The average Bonchev–Trinajstić information content (AvgIpc) is 2.88. The summed E-state index contributed by atoms with van der Waals surface area (Å²) >= 11 is 5.29. The van der Waals surface area contributed by atoms with Crippen LogP contribution in [0.3, 0.4) is 0 Å². The maximum atomic E-state index is 5.61. The summed E-state index contributed by atoms with van der Waals surface area (Å²) in [6, 6.07) is 8.31. The minimum absolute atomic E-state index is 0.358. The van der Waals surface area contributed by atoms with Gasteiger partial charge in [-0.2, -0.15) is 0 Å². The fourth-order valence-electron chi connectivity index (χ4n) is 2.48. The van der Waals surface area contributed by atoms with Gasteiger partial charge in [0, 0.05) is 27.9 Å². The zero-order chi connectivity index (χ0) is 13.2. The fraction of sp³-hybridized carbons (Fsp3) is 0.400. The van der Waals surface area contributed by atoms with Gasteiger partial charge in [0.2, 0.25) is 0 Å². The van der Waals surface area contributed by atoms with E-state index in [2.05, 4.69) is 46.4 Å². The largest absolute Gasteiger partial charge is 0.378 e. The molecule has 4 heteroatoms. The number of halogens is 1. The molecule has 100 valence electrons. The average molecular weight is 338 g/mol. The highest BCUT2D eigenvalue weighted by Gasteiger charge is 2.23. The topological polar surface area (TPSA) is 22.1 Å². The van der Waals surface area contributed by atoms with Crippen molar-refractivity contribution in [2.45, 2.75) is 31.8 Å². The number of rotatable bonds is 2. The van der Waals surface area contributed by atoms with E-state index in [0.717, 1.165) is 29.6 Å². The van der Waals surface area contributed by atoms with Gasteiger partial charge in [-0.25, -0.2) is 4.98 Å². The number of benzene rings is 1. The molecule has 1 aromatic carbocycles. The summed E-state index contributed by atoms with van der Waals surface area (Å²) in [6.07, 6.45) is 2.54. The predicted molar refractivity (Wildman–Crippen MR) is 82.6 cm³/mol. The Balaban J connectivity index is 1.83. The number of hydrogen-bond acceptors (Lipinski definition) is 3. The molecule has 1 saturated heterocycles. The summed E-state index contributed by atoms with van der Waals surface area (Å²) < 4.78 is 6.70. The van der Waals surface area contributed by atoms with Gasteiger partial charge in [0.25, 0.3) is 0 Å². The van der Waals surface area contributed by atoms with Crippen molar-refractivity contribution in [3.63, 3.8) is 0 Å². The van der Waals surface area contributed by atoms with Crippen molar-refractivity contribution < 1.29 is 4.74 Å². The van der Waals surface area contributed by atoms with Crippen LogP contribution in [0.2, 0.25) is 0 Å². The molecule has 0 bridgehead atoms. The first-order valence-electron chi connectivity index (χ1n) is 6.55. The third-order valence-electron chi connectivity index (χ3n) is 3.48. The Kier molecular flexibility index (Phi) is 4.01. The smallest absolute Gasteiger partial charge is 0.0965 e. The quantitative estimate of drug-likeness (QED) is 0.780. The van der Waals surface area contributed by atoms with E-state index in [1.165, 1.54) is 10.6 Å². The maximum absolute atomic E-state index is 5.61. The van der Waals surface area contributed by atoms with Crippen LogP contribution < -0.4 is 0 Å². The lowest BCUT2D eigenvalue weighted by Gasteiger charge is -2.25. The molecule has 0 saturated carbocycles. The van der Waals surface area contributed by atoms with Crippen LogP contribution in [0.5, 0.6) is 0 Å². The van der Waals surface area contributed by atoms with Crippen molar-refractivity contribution in [1.82, 2.24) is 4.98 Å². The molecule has 0 amide bonds. The lowest BCUT2D eigenvalue weighted by atomic mass is 9.97. The van der Waals surface area contributed by atoms with E-state index in [0.29, 0.717) is 12.0 Å². The molecule has 19 heavy (non-hydrogen) atoms. The minimum atomic E-state index is 0.358. The third kappa shape index (κ3) is 3.07. The van der Waals surface area contributed by atoms with Crippen LogP contribution in [0.1, 0.15) is 30.7 Å². The zero-order valence-corrected chi connectivity index (χ0v) is 13.2. The summed E-state index contributed by atoms with van der Waals surface area (Å²) in [5.74, 6) is 0.564. The second kappa shape index (κ2) is 5.73. The third-order valence-corrected chi connectivity index (χ3v) is 4.98. The van der Waals surface area contributed by atoms with Crippen molar-refractivity contribution >= 4 is 27.3 Å². The van der Waals surface area contributed by atoms with E-state index in [9.17, 15) is 0 Å². The van der Waals surface area contributed by atoms with Gasteiger partial charge in [-0.3, -0.25) is 0 Å². The number of ether oxygens (including phenoxy) is 1. The van der Waals surface area contributed by atoms with Crippen molar-refractivity contribution in [3.8, 4) is 11.3 Å². The van der Waals surface area contributed by atoms with Crippen molar-refractivity contribution in [1.29, 1.82) is 0 Å². The van der Waals surface area contributed by atoms with E-state index in [1.807, 2.05) is 6.07 Å². The van der Waals surface area contributed by atoms with Crippen LogP contribution in [0.15, 0.2) is 34.1 Å². The van der Waals surface area contributed by atoms with Crippen LogP contribution in [-0.4, -0.2) is 17.7 Å². The van der Waals surface area contributed by atoms with Gasteiger partial charge >= 0.3 is 0 Å². The summed E-state index contributed by atoms with van der Waals surface area (Å²) in [7, 11) is 0. The molecular weight excluding hydrogens is 322 g/mol. The van der Waals surface area contributed by atoms with Gasteiger partial charge < -0.3 is 4.74 Å². The summed E-state index contributed by atoms with van der Waals surface area (Å²) in [5, 5.41) is 3.42. The minimum Gasteiger partial charge on any atom is -0.378 e. The molecule has 0 radical (unpaired) electrons. The van der Waals surface area contributed by atoms with Crippen LogP contribution in [-0.2, 0) is 4.74 Å². The van der Waals surface area contributed by atoms with Gasteiger partial charge in [-0.1, -0.05) is 28.1 Å². The van der Waals surface area contributed by atoms with Crippen LogP contribution in [0.4, 0.5) is 0 Å². The van der Waals surface area contributed by atoms with Crippen LogP contribution in [0, 0.1) is 0 Å². The maximum Gasteiger partial charge on any atom is 0.0965 e. The first kappa shape index (κ1) is 13.3. The standard InChI is InChI=1S/C15H16BrNOS/c1-10-7-12(5-6-18-10)15-17-14(9-19-15)11-3-2-4-13(16)8-11/h2-4,8-10,12H,5-7H2,1H3/t10-,12+/m0/s1. The highest BCUT2D eigenvalue weighted by molar-refractivity contribution is 9.10. The van der Waals surface area contributed by atoms with E-state index >= 15 is 0 Å². The molecule has 1 aliphatic rings. The Morgan fingerprint density at radius 1 is 1.42 bits per heavy atom. The zero-order valence-electron chi connectivity index (χ0n) is 10.8. The van der Waals surface area contributed by atoms with E-state index in [1.54, 1.807) is 11.3 Å². The molecule has 0 unspecified atom stereocenters. The molecule has 2 heterocycles. The molecule has 2 atom stereocenters. The summed E-state index contributed by atoms with van der Waals surface area (Å²) in [4.78, 5) is 4.82. The van der Waals surface area contributed by atoms with Gasteiger partial charge in [-0.05, 0) is 31.9 Å². The van der Waals surface area contributed by atoms with Crippen molar-refractivity contribution in [3.05, 3.63) is 39.1 Å². The van der Waals surface area contributed by atoms with Crippen LogP contribution in [0.25, 0.3) is 11.3 Å². The van der Waals surface area contributed by atoms with Gasteiger partial charge in [0.15, 0.2) is 0 Å². The molecule has 0 spiro atoms. The number of thiazole rings is 1. The van der Waals surface area contributed by atoms with E-state index in [4.69, 9.17) is 9.72 Å². The molecule has 1 fully saturated rings. The second-order valence-corrected chi connectivity index (χ2v) is 6.79. The molecule has 3 rings (SSSR count). The Morgan fingerprint density at radius 2 is 2.32 bits per heavy atom. The number of nitrogens with zero attached hydrogens (tertiary/aromatic N) is 1. The van der Waals surface area contributed by atoms with Crippen molar-refractivity contribution in [2.75, 3.05) is 6.61 Å². The number of aromatic nitrogens is 1. The first-order chi connectivity index (χ1) is 9.22. The van der Waals surface area contributed by atoms with Crippen LogP contribution >= 0.6 is 27.3 Å². The number of hydrogen-bond donors (Lipinski definition) is 0.